The summed E-state index contributed by atoms with van der Waals surface area (Å²) in [6.07, 6.45) is -4.98. The zero-order valence-corrected chi connectivity index (χ0v) is 19.7. The van der Waals surface area contributed by atoms with Gasteiger partial charge in [0.1, 0.15) is 18.2 Å². The molecule has 1 amide bonds. The van der Waals surface area contributed by atoms with Crippen molar-refractivity contribution >= 4 is 23.7 Å². The zero-order chi connectivity index (χ0) is 24.8. The Morgan fingerprint density at radius 2 is 1.67 bits per heavy atom. The molecule has 0 saturated heterocycles. The summed E-state index contributed by atoms with van der Waals surface area (Å²) in [7, 11) is 1.42. The smallest absolute Gasteiger partial charge is 0.417 e. The molecule has 0 bridgehead atoms. The highest BCUT2D eigenvalue weighted by molar-refractivity contribution is 6.31. The number of esters is 1. The number of hydrogen-bond acceptors (Lipinski definition) is 4. The van der Waals surface area contributed by atoms with Crippen LogP contribution in [0.15, 0.2) is 48.5 Å². The summed E-state index contributed by atoms with van der Waals surface area (Å²) in [5, 5.41) is -0.427. The number of halogens is 4. The van der Waals surface area contributed by atoms with Gasteiger partial charge in [-0.2, -0.15) is 13.2 Å². The van der Waals surface area contributed by atoms with Gasteiger partial charge in [-0.25, -0.2) is 9.59 Å². The molecule has 0 aliphatic rings. The average molecular weight is 486 g/mol. The molecule has 33 heavy (non-hydrogen) atoms. The molecular weight excluding hydrogens is 459 g/mol. The van der Waals surface area contributed by atoms with Crippen LogP contribution >= 0.6 is 11.6 Å². The van der Waals surface area contributed by atoms with Gasteiger partial charge in [0.25, 0.3) is 0 Å². The Labute approximate surface area is 196 Å². The first-order chi connectivity index (χ1) is 15.3. The number of carbonyl (C=O) groups excluding carboxylic acids is 2. The van der Waals surface area contributed by atoms with Crippen molar-refractivity contribution in [1.29, 1.82) is 0 Å². The minimum Gasteiger partial charge on any atom is -0.459 e. The third-order valence-corrected chi connectivity index (χ3v) is 5.00. The van der Waals surface area contributed by atoms with E-state index in [9.17, 15) is 22.8 Å². The molecule has 0 saturated carbocycles. The highest BCUT2D eigenvalue weighted by atomic mass is 35.5. The number of alkyl halides is 3. The Kier molecular flexibility index (Phi) is 8.77. The first-order valence-corrected chi connectivity index (χ1v) is 10.7. The van der Waals surface area contributed by atoms with Gasteiger partial charge in [0, 0.05) is 7.05 Å². The van der Waals surface area contributed by atoms with E-state index in [4.69, 9.17) is 21.1 Å². The van der Waals surface area contributed by atoms with Crippen molar-refractivity contribution in [2.24, 2.45) is 0 Å². The molecular formula is C24H27ClF3NO4. The van der Waals surface area contributed by atoms with Crippen LogP contribution in [0, 0.1) is 0 Å². The monoisotopic (exact) mass is 485 g/mol. The number of rotatable bonds is 7. The molecule has 0 spiro atoms. The third-order valence-electron chi connectivity index (χ3n) is 4.69. The first-order valence-electron chi connectivity index (χ1n) is 10.3. The van der Waals surface area contributed by atoms with Crippen LogP contribution in [-0.2, 0) is 33.5 Å². The zero-order valence-electron chi connectivity index (χ0n) is 18.9. The molecule has 5 nitrogen and oxygen atoms in total. The molecule has 0 aromatic heterocycles. The van der Waals surface area contributed by atoms with Gasteiger partial charge in [0.2, 0.25) is 0 Å². The van der Waals surface area contributed by atoms with Crippen LogP contribution < -0.4 is 0 Å². The molecule has 0 aliphatic carbocycles. The molecule has 180 valence electrons. The van der Waals surface area contributed by atoms with E-state index in [1.165, 1.54) is 19.2 Å². The summed E-state index contributed by atoms with van der Waals surface area (Å²) >= 11 is 5.80. The Balaban J connectivity index is 2.16. The van der Waals surface area contributed by atoms with E-state index in [2.05, 4.69) is 0 Å². The molecule has 2 rings (SSSR count). The van der Waals surface area contributed by atoms with Gasteiger partial charge >= 0.3 is 18.2 Å². The van der Waals surface area contributed by atoms with Crippen molar-refractivity contribution in [3.8, 4) is 0 Å². The van der Waals surface area contributed by atoms with E-state index >= 15 is 0 Å². The van der Waals surface area contributed by atoms with Crippen molar-refractivity contribution in [3.63, 3.8) is 0 Å². The largest absolute Gasteiger partial charge is 0.459 e. The fourth-order valence-electron chi connectivity index (χ4n) is 3.00. The first kappa shape index (κ1) is 26.5. The fourth-order valence-corrected chi connectivity index (χ4v) is 3.31. The van der Waals surface area contributed by atoms with Gasteiger partial charge in [0.15, 0.2) is 0 Å². The number of amides is 1. The van der Waals surface area contributed by atoms with Gasteiger partial charge in [-0.15, -0.1) is 0 Å². The van der Waals surface area contributed by atoms with Crippen LogP contribution in [0.3, 0.4) is 0 Å². The number of hydrogen-bond donors (Lipinski definition) is 0. The molecule has 0 aliphatic heterocycles. The van der Waals surface area contributed by atoms with Crippen LogP contribution in [0.1, 0.15) is 43.9 Å². The maximum absolute atomic E-state index is 13.0. The van der Waals surface area contributed by atoms with Crippen LogP contribution in [-0.4, -0.2) is 35.7 Å². The minimum atomic E-state index is -4.56. The summed E-state index contributed by atoms with van der Waals surface area (Å²) in [5.74, 6) is -0.648. The van der Waals surface area contributed by atoms with Gasteiger partial charge in [-0.1, -0.05) is 48.0 Å². The third kappa shape index (κ3) is 8.28. The second-order valence-electron chi connectivity index (χ2n) is 8.55. The lowest BCUT2D eigenvalue weighted by atomic mass is 10.0. The molecule has 9 heteroatoms. The van der Waals surface area contributed by atoms with Gasteiger partial charge < -0.3 is 9.47 Å². The Hall–Kier alpha value is -2.74. The molecule has 2 aromatic rings. The molecule has 2 aromatic carbocycles. The lowest BCUT2D eigenvalue weighted by Crippen LogP contribution is -2.45. The quantitative estimate of drug-likeness (QED) is 0.434. The number of carbonyl (C=O) groups is 2. The lowest BCUT2D eigenvalue weighted by Gasteiger charge is -2.29. The molecule has 1 atom stereocenters. The summed E-state index contributed by atoms with van der Waals surface area (Å²) in [6.45, 7) is 5.12. The highest BCUT2D eigenvalue weighted by Gasteiger charge is 2.34. The van der Waals surface area contributed by atoms with E-state index in [1.54, 1.807) is 32.9 Å². The van der Waals surface area contributed by atoms with Crippen LogP contribution in [0.2, 0.25) is 5.02 Å². The lowest BCUT2D eigenvalue weighted by molar-refractivity contribution is -0.151. The molecule has 0 N–H and O–H groups in total. The number of likely N-dealkylation sites (N-methyl/N-ethyl adjacent to an activating group) is 1. The van der Waals surface area contributed by atoms with Crippen molar-refractivity contribution in [2.75, 3.05) is 7.05 Å². The number of nitrogens with zero attached hydrogens (tertiary/aromatic N) is 1. The minimum absolute atomic E-state index is 0.0183. The van der Waals surface area contributed by atoms with Gasteiger partial charge in [-0.05, 0) is 56.9 Å². The average Bonchev–Trinajstić information content (AvgIpc) is 2.70. The molecule has 0 fully saturated rings. The Morgan fingerprint density at radius 1 is 1.03 bits per heavy atom. The van der Waals surface area contributed by atoms with Gasteiger partial charge in [0.05, 0.1) is 10.6 Å². The van der Waals surface area contributed by atoms with Crippen LogP contribution in [0.25, 0.3) is 0 Å². The number of benzene rings is 2. The Morgan fingerprint density at radius 3 is 2.21 bits per heavy atom. The van der Waals surface area contributed by atoms with Crippen molar-refractivity contribution in [1.82, 2.24) is 4.90 Å². The fraction of sp³-hybridized carbons (Fsp3) is 0.417. The van der Waals surface area contributed by atoms with Crippen LogP contribution in [0.4, 0.5) is 18.0 Å². The molecule has 0 heterocycles. The molecule has 1 unspecified atom stereocenters. The maximum Gasteiger partial charge on any atom is 0.417 e. The summed E-state index contributed by atoms with van der Waals surface area (Å²) in [6, 6.07) is 11.4. The summed E-state index contributed by atoms with van der Waals surface area (Å²) < 4.78 is 49.6. The van der Waals surface area contributed by atoms with Crippen molar-refractivity contribution in [2.45, 2.75) is 58.0 Å². The SMILES string of the molecule is CN(C(=O)OC(C)(C)C)C(CCc1ccc(C(F)(F)F)c(Cl)c1)C(=O)OCc1ccccc1. The van der Waals surface area contributed by atoms with Crippen LogP contribution in [0.5, 0.6) is 0 Å². The predicted octanol–water partition coefficient (Wildman–Crippen LogP) is 6.27. The van der Waals surface area contributed by atoms with E-state index in [0.717, 1.165) is 16.5 Å². The molecule has 0 radical (unpaired) electrons. The number of aryl methyl sites for hydroxylation is 1. The van der Waals surface area contributed by atoms with E-state index in [0.29, 0.717) is 5.56 Å². The second-order valence-corrected chi connectivity index (χ2v) is 8.96. The Bertz CT molecular complexity index is 958. The van der Waals surface area contributed by atoms with Crippen molar-refractivity contribution < 1.29 is 32.2 Å². The highest BCUT2D eigenvalue weighted by Crippen LogP contribution is 2.35. The normalized spacial score (nSPS) is 12.7. The predicted molar refractivity (Wildman–Crippen MR) is 119 cm³/mol. The van der Waals surface area contributed by atoms with E-state index in [-0.39, 0.29) is 19.4 Å². The second kappa shape index (κ2) is 10.9. The van der Waals surface area contributed by atoms with E-state index in [1.807, 2.05) is 18.2 Å². The standard InChI is InChI=1S/C24H27ClF3NO4/c1-23(2,3)33-22(31)29(4)20(21(30)32-15-17-8-6-5-7-9-17)13-11-16-10-12-18(19(25)14-16)24(26,27)28/h5-10,12,14,20H,11,13,15H2,1-4H3. The summed E-state index contributed by atoms with van der Waals surface area (Å²) in [5.41, 5.74) is -0.437. The topological polar surface area (TPSA) is 55.8 Å². The van der Waals surface area contributed by atoms with E-state index < -0.39 is 40.5 Å². The summed E-state index contributed by atoms with van der Waals surface area (Å²) in [4.78, 5) is 26.5. The maximum atomic E-state index is 13.0. The number of ether oxygens (including phenoxy) is 2. The van der Waals surface area contributed by atoms with Gasteiger partial charge in [-0.3, -0.25) is 4.90 Å². The van der Waals surface area contributed by atoms with Crippen molar-refractivity contribution in [3.05, 3.63) is 70.2 Å².